The summed E-state index contributed by atoms with van der Waals surface area (Å²) in [6.45, 7) is 0.711. The first-order valence-electron chi connectivity index (χ1n) is 7.50. The standard InChI is InChI=1S/C16H23N3O2/c1-19-13(11-21-2)7-8-15(19)17-18-16(20)10-9-12-5-3-4-6-14(12)16/h3-6,13,18,20H,7-11H2,1-2H3/t13-,16-/m1/s1. The molecule has 1 aromatic rings. The van der Waals surface area contributed by atoms with E-state index >= 15 is 0 Å². The molecule has 1 aromatic carbocycles. The van der Waals surface area contributed by atoms with Gasteiger partial charge in [0, 0.05) is 32.6 Å². The summed E-state index contributed by atoms with van der Waals surface area (Å²) in [5.41, 5.74) is 4.12. The average Bonchev–Trinajstić information content (AvgIpc) is 3.01. The number of methoxy groups -OCH3 is 1. The number of hydrogen-bond acceptors (Lipinski definition) is 4. The topological polar surface area (TPSA) is 57.1 Å². The molecule has 0 saturated carbocycles. The second-order valence-corrected chi connectivity index (χ2v) is 5.92. The minimum atomic E-state index is -1.04. The van der Waals surface area contributed by atoms with Gasteiger partial charge in [0.2, 0.25) is 0 Å². The molecule has 1 aliphatic heterocycles. The quantitative estimate of drug-likeness (QED) is 0.650. The van der Waals surface area contributed by atoms with Crippen LogP contribution in [0.3, 0.4) is 0 Å². The van der Waals surface area contributed by atoms with E-state index < -0.39 is 5.72 Å². The van der Waals surface area contributed by atoms with Crippen LogP contribution in [0.4, 0.5) is 0 Å². The molecule has 1 heterocycles. The van der Waals surface area contributed by atoms with Crippen molar-refractivity contribution in [3.63, 3.8) is 0 Å². The molecule has 21 heavy (non-hydrogen) atoms. The van der Waals surface area contributed by atoms with Crippen LogP contribution in [0, 0.1) is 0 Å². The minimum Gasteiger partial charge on any atom is -0.383 e. The number of amidine groups is 1. The Morgan fingerprint density at radius 3 is 3.05 bits per heavy atom. The van der Waals surface area contributed by atoms with E-state index in [1.165, 1.54) is 5.56 Å². The van der Waals surface area contributed by atoms with Gasteiger partial charge in [-0.25, -0.2) is 0 Å². The SMILES string of the molecule is COC[C@H]1CCC(=NN[C@@]2(O)CCc3ccccc32)N1C. The van der Waals surface area contributed by atoms with E-state index in [0.29, 0.717) is 19.1 Å². The zero-order chi connectivity index (χ0) is 14.9. The van der Waals surface area contributed by atoms with Crippen LogP contribution in [0.25, 0.3) is 0 Å². The van der Waals surface area contributed by atoms with Crippen molar-refractivity contribution in [1.29, 1.82) is 0 Å². The first-order chi connectivity index (χ1) is 10.1. The molecule has 1 saturated heterocycles. The van der Waals surface area contributed by atoms with Crippen molar-refractivity contribution < 1.29 is 9.84 Å². The van der Waals surface area contributed by atoms with Crippen molar-refractivity contribution in [3.05, 3.63) is 35.4 Å². The van der Waals surface area contributed by atoms with Gasteiger partial charge in [-0.15, -0.1) is 0 Å². The Kier molecular flexibility index (Phi) is 3.87. The van der Waals surface area contributed by atoms with Crippen LogP contribution < -0.4 is 5.43 Å². The van der Waals surface area contributed by atoms with Gasteiger partial charge < -0.3 is 14.7 Å². The molecule has 1 aliphatic carbocycles. The molecule has 1 fully saturated rings. The average molecular weight is 289 g/mol. The lowest BCUT2D eigenvalue weighted by Gasteiger charge is -2.26. The molecular weight excluding hydrogens is 266 g/mol. The van der Waals surface area contributed by atoms with Crippen molar-refractivity contribution in [1.82, 2.24) is 10.3 Å². The van der Waals surface area contributed by atoms with E-state index in [9.17, 15) is 5.11 Å². The fourth-order valence-electron chi connectivity index (χ4n) is 3.26. The Balaban J connectivity index is 1.72. The van der Waals surface area contributed by atoms with E-state index in [-0.39, 0.29) is 0 Å². The van der Waals surface area contributed by atoms with Crippen LogP contribution in [-0.4, -0.2) is 42.6 Å². The smallest absolute Gasteiger partial charge is 0.177 e. The molecule has 0 aromatic heterocycles. The number of likely N-dealkylation sites (tertiary alicyclic amines) is 1. The third-order valence-electron chi connectivity index (χ3n) is 4.60. The third kappa shape index (κ3) is 2.63. The van der Waals surface area contributed by atoms with Crippen LogP contribution >= 0.6 is 0 Å². The molecule has 114 valence electrons. The van der Waals surface area contributed by atoms with Crippen molar-refractivity contribution in [2.75, 3.05) is 20.8 Å². The Morgan fingerprint density at radius 1 is 1.43 bits per heavy atom. The van der Waals surface area contributed by atoms with Gasteiger partial charge in [-0.1, -0.05) is 24.3 Å². The number of ether oxygens (including phenoxy) is 1. The lowest BCUT2D eigenvalue weighted by Crippen LogP contribution is -2.39. The number of hydrazone groups is 1. The van der Waals surface area contributed by atoms with Gasteiger partial charge in [-0.2, -0.15) is 5.10 Å². The third-order valence-corrected chi connectivity index (χ3v) is 4.60. The molecule has 2 aliphatic rings. The number of benzene rings is 1. The van der Waals surface area contributed by atoms with E-state index in [1.807, 2.05) is 25.2 Å². The first kappa shape index (κ1) is 14.4. The summed E-state index contributed by atoms with van der Waals surface area (Å²) in [7, 11) is 3.75. The largest absolute Gasteiger partial charge is 0.383 e. The molecule has 2 atom stereocenters. The fraction of sp³-hybridized carbons (Fsp3) is 0.562. The van der Waals surface area contributed by atoms with E-state index in [0.717, 1.165) is 30.7 Å². The molecule has 0 unspecified atom stereocenters. The summed E-state index contributed by atoms with van der Waals surface area (Å²) in [6.07, 6.45) is 3.50. The highest BCUT2D eigenvalue weighted by atomic mass is 16.5. The Morgan fingerprint density at radius 2 is 2.24 bits per heavy atom. The number of rotatable bonds is 4. The summed E-state index contributed by atoms with van der Waals surface area (Å²) in [5, 5.41) is 15.3. The van der Waals surface area contributed by atoms with Gasteiger partial charge in [-0.3, -0.25) is 5.43 Å². The zero-order valence-corrected chi connectivity index (χ0v) is 12.7. The van der Waals surface area contributed by atoms with Gasteiger partial charge in [0.15, 0.2) is 5.72 Å². The van der Waals surface area contributed by atoms with Gasteiger partial charge in [0.05, 0.1) is 12.6 Å². The molecule has 0 radical (unpaired) electrons. The number of aliphatic hydroxyl groups is 1. The summed E-state index contributed by atoms with van der Waals surface area (Å²) < 4.78 is 5.22. The van der Waals surface area contributed by atoms with Crippen LogP contribution in [0.2, 0.25) is 0 Å². The summed E-state index contributed by atoms with van der Waals surface area (Å²) >= 11 is 0. The van der Waals surface area contributed by atoms with Crippen LogP contribution in [0.5, 0.6) is 0 Å². The maximum absolute atomic E-state index is 10.8. The van der Waals surface area contributed by atoms with Gasteiger partial charge in [-0.05, 0) is 18.4 Å². The Labute approximate surface area is 125 Å². The second kappa shape index (κ2) is 5.66. The minimum absolute atomic E-state index is 0.376. The maximum atomic E-state index is 10.8. The van der Waals surface area contributed by atoms with E-state index in [4.69, 9.17) is 4.74 Å². The molecule has 3 rings (SSSR count). The van der Waals surface area contributed by atoms with Crippen LogP contribution in [-0.2, 0) is 16.9 Å². The lowest BCUT2D eigenvalue weighted by atomic mass is 10.1. The number of hydrogen-bond donors (Lipinski definition) is 2. The van der Waals surface area contributed by atoms with Crippen molar-refractivity contribution >= 4 is 5.84 Å². The molecule has 2 N–H and O–H groups in total. The number of fused-ring (bicyclic) bond motifs is 1. The number of nitrogens with one attached hydrogen (secondary N) is 1. The predicted molar refractivity (Wildman–Crippen MR) is 81.9 cm³/mol. The normalized spacial score (nSPS) is 30.0. The van der Waals surface area contributed by atoms with Crippen molar-refractivity contribution in [2.24, 2.45) is 5.10 Å². The highest BCUT2D eigenvalue weighted by Gasteiger charge is 2.37. The Hall–Kier alpha value is -1.59. The van der Waals surface area contributed by atoms with Gasteiger partial charge >= 0.3 is 0 Å². The molecule has 5 nitrogen and oxygen atoms in total. The molecule has 0 spiro atoms. The number of aryl methyl sites for hydroxylation is 1. The van der Waals surface area contributed by atoms with Crippen LogP contribution in [0.15, 0.2) is 29.4 Å². The first-order valence-corrected chi connectivity index (χ1v) is 7.50. The van der Waals surface area contributed by atoms with Crippen molar-refractivity contribution in [3.8, 4) is 0 Å². The molecular formula is C16H23N3O2. The molecule has 0 amide bonds. The maximum Gasteiger partial charge on any atom is 0.177 e. The monoisotopic (exact) mass is 289 g/mol. The molecule has 5 heteroatoms. The fourth-order valence-corrected chi connectivity index (χ4v) is 3.26. The summed E-state index contributed by atoms with van der Waals surface area (Å²) in [4.78, 5) is 2.14. The van der Waals surface area contributed by atoms with Gasteiger partial charge in [0.1, 0.15) is 5.84 Å². The van der Waals surface area contributed by atoms with E-state index in [1.54, 1.807) is 7.11 Å². The highest BCUT2D eigenvalue weighted by Crippen LogP contribution is 2.34. The van der Waals surface area contributed by atoms with Gasteiger partial charge in [0.25, 0.3) is 0 Å². The number of nitrogens with zero attached hydrogens (tertiary/aromatic N) is 2. The second-order valence-electron chi connectivity index (χ2n) is 5.92. The molecule has 0 bridgehead atoms. The predicted octanol–water partition coefficient (Wildman–Crippen LogP) is 1.42. The Bertz CT molecular complexity index is 546. The van der Waals surface area contributed by atoms with E-state index in [2.05, 4.69) is 21.5 Å². The summed E-state index contributed by atoms with van der Waals surface area (Å²) in [6, 6.07) is 8.39. The zero-order valence-electron chi connectivity index (χ0n) is 12.7. The highest BCUT2D eigenvalue weighted by molar-refractivity contribution is 5.84. The summed E-state index contributed by atoms with van der Waals surface area (Å²) in [5.74, 6) is 0.981. The van der Waals surface area contributed by atoms with Crippen molar-refractivity contribution in [2.45, 2.75) is 37.5 Å². The van der Waals surface area contributed by atoms with Crippen LogP contribution in [0.1, 0.15) is 30.4 Å². The lowest BCUT2D eigenvalue weighted by molar-refractivity contribution is 0.00282. The number of likely N-dealkylation sites (N-methyl/N-ethyl adjacent to an activating group) is 1.